The van der Waals surface area contributed by atoms with Crippen LogP contribution in [0.5, 0.6) is 5.75 Å². The van der Waals surface area contributed by atoms with Crippen LogP contribution in [0.2, 0.25) is 0 Å². The molecule has 0 aromatic heterocycles. The van der Waals surface area contributed by atoms with Gasteiger partial charge in [0.05, 0.1) is 6.10 Å². The van der Waals surface area contributed by atoms with Crippen molar-refractivity contribution < 1.29 is 27.2 Å². The minimum atomic E-state index is -2.96. The summed E-state index contributed by atoms with van der Waals surface area (Å²) in [5.41, 5.74) is 2.43. The van der Waals surface area contributed by atoms with Crippen molar-refractivity contribution in [2.75, 3.05) is 13.9 Å². The molecule has 150 valence electrons. The van der Waals surface area contributed by atoms with Crippen molar-refractivity contribution in [1.29, 1.82) is 0 Å². The fourth-order valence-electron chi connectivity index (χ4n) is 6.03. The van der Waals surface area contributed by atoms with Crippen molar-refractivity contribution in [1.82, 2.24) is 0 Å². The van der Waals surface area contributed by atoms with E-state index in [0.29, 0.717) is 18.3 Å². The molecular formula is C20H28O6S. The molecule has 0 amide bonds. The Kier molecular flexibility index (Phi) is 5.22. The van der Waals surface area contributed by atoms with Crippen LogP contribution in [0, 0.1) is 17.3 Å². The third kappa shape index (κ3) is 3.28. The van der Waals surface area contributed by atoms with E-state index in [1.807, 2.05) is 6.07 Å². The molecule has 0 aliphatic heterocycles. The Labute approximate surface area is 162 Å². The number of hydrogen-bond acceptors (Lipinski definition) is 6. The number of aryl methyl sites for hydroxylation is 1. The molecule has 0 spiro atoms. The Morgan fingerprint density at radius 3 is 2.85 bits per heavy atom. The third-order valence-corrected chi connectivity index (χ3v) is 7.57. The second kappa shape index (κ2) is 7.35. The molecule has 2 saturated carbocycles. The summed E-state index contributed by atoms with van der Waals surface area (Å²) in [6, 6.07) is 6.30. The first kappa shape index (κ1) is 19.2. The number of thiol groups is 1. The average molecular weight is 397 g/mol. The fourth-order valence-corrected chi connectivity index (χ4v) is 6.59. The van der Waals surface area contributed by atoms with Gasteiger partial charge in [-0.2, -0.15) is 0 Å². The summed E-state index contributed by atoms with van der Waals surface area (Å²) in [4.78, 5) is 0. The van der Waals surface area contributed by atoms with E-state index in [0.717, 1.165) is 31.4 Å². The standard InChI is InChI=1S/C20H28O6S/c1-20-8-7-15-14-6-4-13(25-11-24-2)9-12(14)3-5-16(15)17(20)10-18(21)19(20)26-27(22)23/h4,6,9,15-19,21,27H,3,5,7-8,10-11H2,1-2H3/t15?,16?,17?,18-,19-,20-/m0/s1. The topological polar surface area (TPSA) is 82.1 Å². The highest BCUT2D eigenvalue weighted by Gasteiger charge is 2.59. The van der Waals surface area contributed by atoms with E-state index in [-0.39, 0.29) is 18.1 Å². The van der Waals surface area contributed by atoms with Gasteiger partial charge in [0.1, 0.15) is 11.9 Å². The van der Waals surface area contributed by atoms with E-state index in [1.165, 1.54) is 11.1 Å². The SMILES string of the molecule is COCOc1ccc2c(c1)CCC1C2CC[C@@]2(C)C1C[C@H](O)[C@@H]2O[SH](=O)=O. The lowest BCUT2D eigenvalue weighted by Crippen LogP contribution is -2.45. The maximum Gasteiger partial charge on any atom is 0.257 e. The number of rotatable bonds is 5. The second-order valence-corrected chi connectivity index (χ2v) is 9.08. The second-order valence-electron chi connectivity index (χ2n) is 8.42. The largest absolute Gasteiger partial charge is 0.468 e. The van der Waals surface area contributed by atoms with Gasteiger partial charge in [0.15, 0.2) is 6.79 Å². The summed E-state index contributed by atoms with van der Waals surface area (Å²) in [7, 11) is -1.35. The van der Waals surface area contributed by atoms with Gasteiger partial charge in [0.25, 0.3) is 11.0 Å². The lowest BCUT2D eigenvalue weighted by Gasteiger charge is -2.50. The van der Waals surface area contributed by atoms with Crippen LogP contribution < -0.4 is 4.74 Å². The number of hydrogen-bond donors (Lipinski definition) is 2. The van der Waals surface area contributed by atoms with E-state index in [2.05, 4.69) is 19.1 Å². The van der Waals surface area contributed by atoms with E-state index >= 15 is 0 Å². The van der Waals surface area contributed by atoms with Gasteiger partial charge < -0.3 is 14.6 Å². The molecule has 2 fully saturated rings. The van der Waals surface area contributed by atoms with Gasteiger partial charge in [0, 0.05) is 12.5 Å². The zero-order chi connectivity index (χ0) is 19.2. The summed E-state index contributed by atoms with van der Waals surface area (Å²) >= 11 is 0. The molecule has 7 heteroatoms. The number of benzene rings is 1. The van der Waals surface area contributed by atoms with Crippen molar-refractivity contribution in [2.24, 2.45) is 17.3 Å². The van der Waals surface area contributed by atoms with Crippen molar-refractivity contribution in [3.05, 3.63) is 29.3 Å². The molecule has 6 atom stereocenters. The van der Waals surface area contributed by atoms with Gasteiger partial charge in [-0.3, -0.25) is 4.18 Å². The van der Waals surface area contributed by atoms with Gasteiger partial charge in [0.2, 0.25) is 0 Å². The van der Waals surface area contributed by atoms with Crippen LogP contribution in [0.15, 0.2) is 18.2 Å². The molecule has 1 aromatic rings. The molecule has 0 radical (unpaired) electrons. The van der Waals surface area contributed by atoms with Crippen molar-refractivity contribution in [2.45, 2.75) is 57.2 Å². The van der Waals surface area contributed by atoms with Crippen molar-refractivity contribution >= 4 is 11.0 Å². The Morgan fingerprint density at radius 1 is 1.30 bits per heavy atom. The normalized spacial score (nSPS) is 37.6. The predicted molar refractivity (Wildman–Crippen MR) is 100 cm³/mol. The van der Waals surface area contributed by atoms with Gasteiger partial charge >= 0.3 is 0 Å². The van der Waals surface area contributed by atoms with Gasteiger partial charge in [-0.05, 0) is 73.1 Å². The van der Waals surface area contributed by atoms with E-state index in [9.17, 15) is 13.5 Å². The Balaban J connectivity index is 1.59. The third-order valence-electron chi connectivity index (χ3n) is 7.17. The minimum absolute atomic E-state index is 0.243. The van der Waals surface area contributed by atoms with Crippen LogP contribution in [-0.4, -0.2) is 39.6 Å². The summed E-state index contributed by atoms with van der Waals surface area (Å²) in [6.45, 7) is 2.34. The summed E-state index contributed by atoms with van der Waals surface area (Å²) in [6.07, 6.45) is 3.18. The molecule has 0 heterocycles. The van der Waals surface area contributed by atoms with Crippen LogP contribution in [-0.2, 0) is 26.3 Å². The highest BCUT2D eigenvalue weighted by molar-refractivity contribution is 7.67. The molecule has 1 N–H and O–H groups in total. The molecule has 6 nitrogen and oxygen atoms in total. The predicted octanol–water partition coefficient (Wildman–Crippen LogP) is 2.41. The van der Waals surface area contributed by atoms with Crippen LogP contribution in [0.4, 0.5) is 0 Å². The molecule has 0 saturated heterocycles. The summed E-state index contributed by atoms with van der Waals surface area (Å²) in [5.74, 6) is 2.02. The Hall–Kier alpha value is -1.15. The Morgan fingerprint density at radius 2 is 2.11 bits per heavy atom. The van der Waals surface area contributed by atoms with Gasteiger partial charge in [-0.15, -0.1) is 0 Å². The number of aliphatic hydroxyl groups excluding tert-OH is 1. The zero-order valence-corrected chi connectivity index (χ0v) is 16.7. The van der Waals surface area contributed by atoms with Crippen molar-refractivity contribution in [3.63, 3.8) is 0 Å². The lowest BCUT2D eigenvalue weighted by molar-refractivity contribution is -0.0301. The van der Waals surface area contributed by atoms with Crippen LogP contribution in [0.1, 0.15) is 49.7 Å². The minimum Gasteiger partial charge on any atom is -0.468 e. The van der Waals surface area contributed by atoms with Crippen LogP contribution in [0.3, 0.4) is 0 Å². The summed E-state index contributed by atoms with van der Waals surface area (Å²) < 4.78 is 38.0. The quantitative estimate of drug-likeness (QED) is 0.588. The van der Waals surface area contributed by atoms with E-state index < -0.39 is 23.2 Å². The van der Waals surface area contributed by atoms with E-state index in [4.69, 9.17) is 13.7 Å². The molecule has 3 aliphatic carbocycles. The zero-order valence-electron chi connectivity index (χ0n) is 15.8. The molecule has 3 unspecified atom stereocenters. The number of methoxy groups -OCH3 is 1. The van der Waals surface area contributed by atoms with Crippen LogP contribution in [0.25, 0.3) is 0 Å². The van der Waals surface area contributed by atoms with E-state index in [1.54, 1.807) is 7.11 Å². The first-order valence-corrected chi connectivity index (χ1v) is 10.8. The highest BCUT2D eigenvalue weighted by Crippen LogP contribution is 2.61. The lowest BCUT2D eigenvalue weighted by atomic mass is 9.55. The molecule has 0 bridgehead atoms. The highest BCUT2D eigenvalue weighted by atomic mass is 32.2. The molecule has 4 rings (SSSR count). The average Bonchev–Trinajstić information content (AvgIpc) is 2.90. The maximum absolute atomic E-state index is 11.2. The monoisotopic (exact) mass is 396 g/mol. The van der Waals surface area contributed by atoms with Gasteiger partial charge in [-0.25, -0.2) is 8.42 Å². The summed E-state index contributed by atoms with van der Waals surface area (Å²) in [5, 5.41) is 10.5. The number of ether oxygens (including phenoxy) is 2. The number of aliphatic hydroxyl groups is 1. The van der Waals surface area contributed by atoms with Gasteiger partial charge in [-0.1, -0.05) is 13.0 Å². The molecule has 3 aliphatic rings. The molecule has 27 heavy (non-hydrogen) atoms. The molecule has 1 aromatic carbocycles. The number of fused-ring (bicyclic) bond motifs is 5. The molecular weight excluding hydrogens is 368 g/mol. The van der Waals surface area contributed by atoms with Crippen molar-refractivity contribution in [3.8, 4) is 5.75 Å². The Bertz CT molecular complexity index is 770. The first-order chi connectivity index (χ1) is 12.9. The smallest absolute Gasteiger partial charge is 0.257 e. The fraction of sp³-hybridized carbons (Fsp3) is 0.700. The maximum atomic E-state index is 11.2. The van der Waals surface area contributed by atoms with Crippen LogP contribution >= 0.6 is 0 Å². The first-order valence-electron chi connectivity index (χ1n) is 9.68.